The molecule has 0 saturated carbocycles. The highest BCUT2D eigenvalue weighted by molar-refractivity contribution is 5.48. The Hall–Kier alpha value is -2.34. The zero-order valence-corrected chi connectivity index (χ0v) is 12.0. The van der Waals surface area contributed by atoms with Crippen molar-refractivity contribution in [1.29, 1.82) is 0 Å². The van der Waals surface area contributed by atoms with Gasteiger partial charge in [0.25, 0.3) is 5.56 Å². The maximum Gasteiger partial charge on any atom is 0.279 e. The second kappa shape index (κ2) is 5.97. The molecule has 2 aromatic heterocycles. The highest BCUT2D eigenvalue weighted by Gasteiger charge is 2.12. The lowest BCUT2D eigenvalue weighted by atomic mass is 10.3. The molecule has 21 heavy (non-hydrogen) atoms. The van der Waals surface area contributed by atoms with Gasteiger partial charge in [-0.3, -0.25) is 9.36 Å². The van der Waals surface area contributed by atoms with Crippen LogP contribution in [0.5, 0.6) is 0 Å². The van der Waals surface area contributed by atoms with E-state index in [2.05, 4.69) is 15.2 Å². The van der Waals surface area contributed by atoms with Gasteiger partial charge in [0.05, 0.1) is 25.1 Å². The molecule has 0 spiro atoms. The second-order valence-corrected chi connectivity index (χ2v) is 4.82. The van der Waals surface area contributed by atoms with Crippen LogP contribution >= 0.6 is 0 Å². The molecular weight excluding hydrogens is 268 g/mol. The standard InChI is InChI=1S/C15H18N4O2/c1-16-13-3-2-6-19(15(13)20)14-5-4-12(11-17-14)18-7-9-21-10-8-18/h2-6,11,16H,7-10H2,1H3. The minimum absolute atomic E-state index is 0.105. The summed E-state index contributed by atoms with van der Waals surface area (Å²) in [5.74, 6) is 0.620. The van der Waals surface area contributed by atoms with E-state index in [1.54, 1.807) is 25.5 Å². The van der Waals surface area contributed by atoms with E-state index in [-0.39, 0.29) is 5.56 Å². The number of nitrogens with zero attached hydrogens (tertiary/aromatic N) is 3. The van der Waals surface area contributed by atoms with Crippen LogP contribution in [0.25, 0.3) is 5.82 Å². The van der Waals surface area contributed by atoms with Crippen molar-refractivity contribution < 1.29 is 4.74 Å². The first-order chi connectivity index (χ1) is 10.3. The summed E-state index contributed by atoms with van der Waals surface area (Å²) in [4.78, 5) is 18.9. The zero-order valence-electron chi connectivity index (χ0n) is 12.0. The Kier molecular flexibility index (Phi) is 3.87. The topological polar surface area (TPSA) is 59.4 Å². The fourth-order valence-corrected chi connectivity index (χ4v) is 2.39. The lowest BCUT2D eigenvalue weighted by Crippen LogP contribution is -2.36. The van der Waals surface area contributed by atoms with E-state index >= 15 is 0 Å². The molecule has 0 amide bonds. The monoisotopic (exact) mass is 286 g/mol. The number of pyridine rings is 2. The van der Waals surface area contributed by atoms with Gasteiger partial charge in [0.1, 0.15) is 11.5 Å². The Labute approximate surface area is 123 Å². The third-order valence-electron chi connectivity index (χ3n) is 3.57. The second-order valence-electron chi connectivity index (χ2n) is 4.82. The molecule has 0 aliphatic carbocycles. The fraction of sp³-hybridized carbons (Fsp3) is 0.333. The minimum atomic E-state index is -0.105. The highest BCUT2D eigenvalue weighted by atomic mass is 16.5. The number of rotatable bonds is 3. The molecule has 0 unspecified atom stereocenters. The number of hydrogen-bond donors (Lipinski definition) is 1. The third kappa shape index (κ3) is 2.75. The normalized spacial score (nSPS) is 15.0. The number of hydrogen-bond acceptors (Lipinski definition) is 5. The van der Waals surface area contributed by atoms with Crippen LogP contribution in [0.2, 0.25) is 0 Å². The summed E-state index contributed by atoms with van der Waals surface area (Å²) in [6, 6.07) is 7.43. The number of nitrogens with one attached hydrogen (secondary N) is 1. The lowest BCUT2D eigenvalue weighted by molar-refractivity contribution is 0.122. The number of morpholine rings is 1. The van der Waals surface area contributed by atoms with Crippen molar-refractivity contribution >= 4 is 11.4 Å². The molecule has 0 atom stereocenters. The Morgan fingerprint density at radius 3 is 2.71 bits per heavy atom. The van der Waals surface area contributed by atoms with Crippen molar-refractivity contribution in [3.05, 3.63) is 47.0 Å². The van der Waals surface area contributed by atoms with Gasteiger partial charge >= 0.3 is 0 Å². The molecule has 0 radical (unpaired) electrons. The fourth-order valence-electron chi connectivity index (χ4n) is 2.39. The Balaban J connectivity index is 1.89. The van der Waals surface area contributed by atoms with Gasteiger partial charge < -0.3 is 15.0 Å². The van der Waals surface area contributed by atoms with Gasteiger partial charge in [-0.15, -0.1) is 0 Å². The molecule has 0 bridgehead atoms. The molecular formula is C15H18N4O2. The summed E-state index contributed by atoms with van der Waals surface area (Å²) in [6.45, 7) is 3.23. The van der Waals surface area contributed by atoms with Crippen molar-refractivity contribution in [3.8, 4) is 5.82 Å². The van der Waals surface area contributed by atoms with Gasteiger partial charge in [-0.25, -0.2) is 4.98 Å². The third-order valence-corrected chi connectivity index (χ3v) is 3.57. The van der Waals surface area contributed by atoms with Crippen LogP contribution in [0.15, 0.2) is 41.5 Å². The van der Waals surface area contributed by atoms with E-state index in [4.69, 9.17) is 4.74 Å². The van der Waals surface area contributed by atoms with E-state index in [0.717, 1.165) is 32.0 Å². The molecule has 0 aromatic carbocycles. The first-order valence-corrected chi connectivity index (χ1v) is 6.98. The summed E-state index contributed by atoms with van der Waals surface area (Å²) in [7, 11) is 1.73. The molecule has 1 saturated heterocycles. The van der Waals surface area contributed by atoms with Crippen LogP contribution in [0.3, 0.4) is 0 Å². The van der Waals surface area contributed by atoms with Crippen LogP contribution in [-0.4, -0.2) is 42.9 Å². The zero-order chi connectivity index (χ0) is 14.7. The van der Waals surface area contributed by atoms with Gasteiger partial charge in [0.15, 0.2) is 0 Å². The molecule has 3 rings (SSSR count). The minimum Gasteiger partial charge on any atom is -0.384 e. The summed E-state index contributed by atoms with van der Waals surface area (Å²) in [5, 5.41) is 2.89. The summed E-state index contributed by atoms with van der Waals surface area (Å²) in [5.41, 5.74) is 1.50. The van der Waals surface area contributed by atoms with E-state index in [1.807, 2.05) is 18.2 Å². The molecule has 1 N–H and O–H groups in total. The van der Waals surface area contributed by atoms with Gasteiger partial charge in [0.2, 0.25) is 0 Å². The largest absolute Gasteiger partial charge is 0.384 e. The molecule has 110 valence electrons. The van der Waals surface area contributed by atoms with Gasteiger partial charge in [0, 0.05) is 26.3 Å². The van der Waals surface area contributed by atoms with Crippen molar-refractivity contribution in [2.75, 3.05) is 43.6 Å². The Morgan fingerprint density at radius 2 is 2.05 bits per heavy atom. The smallest absolute Gasteiger partial charge is 0.279 e. The van der Waals surface area contributed by atoms with Crippen molar-refractivity contribution in [2.24, 2.45) is 0 Å². The molecule has 1 fully saturated rings. The van der Waals surface area contributed by atoms with E-state index in [9.17, 15) is 4.79 Å². The number of anilines is 2. The van der Waals surface area contributed by atoms with Crippen LogP contribution in [0.4, 0.5) is 11.4 Å². The molecule has 1 aliphatic heterocycles. The molecule has 6 heteroatoms. The molecule has 3 heterocycles. The summed E-state index contributed by atoms with van der Waals surface area (Å²) < 4.78 is 6.88. The maximum absolute atomic E-state index is 12.2. The SMILES string of the molecule is CNc1cccn(-c2ccc(N3CCOCC3)cn2)c1=O. The predicted octanol–water partition coefficient (Wildman–Crippen LogP) is 1.11. The van der Waals surface area contributed by atoms with E-state index < -0.39 is 0 Å². The quantitative estimate of drug-likeness (QED) is 0.916. The van der Waals surface area contributed by atoms with Crippen molar-refractivity contribution in [1.82, 2.24) is 9.55 Å². The molecule has 2 aromatic rings. The van der Waals surface area contributed by atoms with Gasteiger partial charge in [-0.05, 0) is 24.3 Å². The van der Waals surface area contributed by atoms with Crippen LogP contribution in [0.1, 0.15) is 0 Å². The molecule has 1 aliphatic rings. The average molecular weight is 286 g/mol. The van der Waals surface area contributed by atoms with Crippen LogP contribution in [-0.2, 0) is 4.74 Å². The van der Waals surface area contributed by atoms with E-state index in [0.29, 0.717) is 11.5 Å². The first-order valence-electron chi connectivity index (χ1n) is 6.98. The number of aromatic nitrogens is 2. The Bertz CT molecular complexity index is 660. The summed E-state index contributed by atoms with van der Waals surface area (Å²) >= 11 is 0. The first kappa shape index (κ1) is 13.6. The molecule has 6 nitrogen and oxygen atoms in total. The van der Waals surface area contributed by atoms with Crippen LogP contribution in [0, 0.1) is 0 Å². The van der Waals surface area contributed by atoms with Crippen molar-refractivity contribution in [2.45, 2.75) is 0 Å². The maximum atomic E-state index is 12.2. The van der Waals surface area contributed by atoms with Crippen molar-refractivity contribution in [3.63, 3.8) is 0 Å². The summed E-state index contributed by atoms with van der Waals surface area (Å²) in [6.07, 6.45) is 3.53. The van der Waals surface area contributed by atoms with Gasteiger partial charge in [-0.2, -0.15) is 0 Å². The van der Waals surface area contributed by atoms with Gasteiger partial charge in [-0.1, -0.05) is 0 Å². The number of ether oxygens (including phenoxy) is 1. The van der Waals surface area contributed by atoms with E-state index in [1.165, 1.54) is 4.57 Å². The highest BCUT2D eigenvalue weighted by Crippen LogP contribution is 2.15. The Morgan fingerprint density at radius 1 is 1.24 bits per heavy atom. The average Bonchev–Trinajstić information content (AvgIpc) is 2.56. The van der Waals surface area contributed by atoms with Crippen LogP contribution < -0.4 is 15.8 Å². The lowest BCUT2D eigenvalue weighted by Gasteiger charge is -2.28. The predicted molar refractivity (Wildman–Crippen MR) is 82.4 cm³/mol.